The van der Waals surface area contributed by atoms with Gasteiger partial charge in [0.2, 0.25) is 5.91 Å². The van der Waals surface area contributed by atoms with Crippen LogP contribution < -0.4 is 11.1 Å². The second kappa shape index (κ2) is 6.83. The van der Waals surface area contributed by atoms with E-state index >= 15 is 0 Å². The molecule has 0 aromatic heterocycles. The van der Waals surface area contributed by atoms with Crippen molar-refractivity contribution in [2.24, 2.45) is 11.1 Å². The van der Waals surface area contributed by atoms with Crippen LogP contribution in [0.1, 0.15) is 53.4 Å². The predicted molar refractivity (Wildman–Crippen MR) is 64.6 cm³/mol. The summed E-state index contributed by atoms with van der Waals surface area (Å²) in [7, 11) is 0. The molecule has 1 atom stereocenters. The van der Waals surface area contributed by atoms with Gasteiger partial charge in [-0.05, 0) is 18.3 Å². The maximum absolute atomic E-state index is 11.5. The second-order valence-corrected chi connectivity index (χ2v) is 5.05. The lowest BCUT2D eigenvalue weighted by molar-refractivity contribution is -0.121. The molecule has 0 aromatic carbocycles. The van der Waals surface area contributed by atoms with E-state index in [9.17, 15) is 4.79 Å². The molecule has 0 saturated carbocycles. The van der Waals surface area contributed by atoms with Gasteiger partial charge >= 0.3 is 0 Å². The van der Waals surface area contributed by atoms with Crippen LogP contribution in [0.5, 0.6) is 0 Å². The largest absolute Gasteiger partial charge is 0.356 e. The third kappa shape index (κ3) is 7.37. The van der Waals surface area contributed by atoms with Gasteiger partial charge in [-0.3, -0.25) is 4.79 Å². The number of carbonyl (C=O) groups excluding carboxylic acids is 1. The molecule has 0 heterocycles. The number of amides is 1. The zero-order chi connectivity index (χ0) is 11.9. The van der Waals surface area contributed by atoms with E-state index in [1.807, 2.05) is 0 Å². The van der Waals surface area contributed by atoms with E-state index in [1.165, 1.54) is 0 Å². The number of carbonyl (C=O) groups is 1. The fourth-order valence-corrected chi connectivity index (χ4v) is 1.25. The Labute approximate surface area is 93.8 Å². The average Bonchev–Trinajstić information content (AvgIpc) is 2.15. The molecule has 0 fully saturated rings. The van der Waals surface area contributed by atoms with E-state index in [2.05, 4.69) is 33.0 Å². The molecule has 15 heavy (non-hydrogen) atoms. The first-order valence-corrected chi connectivity index (χ1v) is 5.93. The molecule has 0 rings (SSSR count). The molecule has 90 valence electrons. The van der Waals surface area contributed by atoms with Gasteiger partial charge < -0.3 is 11.1 Å². The van der Waals surface area contributed by atoms with Gasteiger partial charge in [0.15, 0.2) is 0 Å². The number of hydrogen-bond acceptors (Lipinski definition) is 2. The minimum Gasteiger partial charge on any atom is -0.356 e. The lowest BCUT2D eigenvalue weighted by Gasteiger charge is -2.23. The van der Waals surface area contributed by atoms with Crippen LogP contribution >= 0.6 is 0 Å². The third-order valence-corrected chi connectivity index (χ3v) is 2.83. The Hall–Kier alpha value is -0.570. The molecule has 0 aliphatic heterocycles. The van der Waals surface area contributed by atoms with Crippen molar-refractivity contribution in [3.05, 3.63) is 0 Å². The van der Waals surface area contributed by atoms with Crippen LogP contribution in [0, 0.1) is 5.41 Å². The van der Waals surface area contributed by atoms with E-state index < -0.39 is 0 Å². The van der Waals surface area contributed by atoms with Gasteiger partial charge in [-0.2, -0.15) is 0 Å². The minimum atomic E-state index is 0.0136. The van der Waals surface area contributed by atoms with E-state index in [-0.39, 0.29) is 17.4 Å². The summed E-state index contributed by atoms with van der Waals surface area (Å²) in [5.41, 5.74) is 5.98. The molecule has 0 aromatic rings. The smallest absolute Gasteiger partial charge is 0.221 e. The molecule has 3 N–H and O–H groups in total. The Balaban J connectivity index is 3.75. The molecule has 1 amide bonds. The van der Waals surface area contributed by atoms with Crippen molar-refractivity contribution in [2.75, 3.05) is 6.54 Å². The zero-order valence-electron chi connectivity index (χ0n) is 10.6. The van der Waals surface area contributed by atoms with Crippen LogP contribution in [0.4, 0.5) is 0 Å². The first-order chi connectivity index (χ1) is 6.91. The first kappa shape index (κ1) is 14.4. The van der Waals surface area contributed by atoms with E-state index in [0.717, 1.165) is 25.8 Å². The summed E-state index contributed by atoms with van der Waals surface area (Å²) in [4.78, 5) is 11.5. The summed E-state index contributed by atoms with van der Waals surface area (Å²) >= 11 is 0. The minimum absolute atomic E-state index is 0.0136. The van der Waals surface area contributed by atoms with Crippen LogP contribution in [0.3, 0.4) is 0 Å². The van der Waals surface area contributed by atoms with Crippen molar-refractivity contribution >= 4 is 5.91 Å². The fourth-order valence-electron chi connectivity index (χ4n) is 1.25. The second-order valence-electron chi connectivity index (χ2n) is 5.05. The van der Waals surface area contributed by atoms with Crippen LogP contribution in [-0.2, 0) is 4.79 Å². The number of nitrogens with one attached hydrogen (secondary N) is 1. The monoisotopic (exact) mass is 214 g/mol. The predicted octanol–water partition coefficient (Wildman–Crippen LogP) is 2.06. The molecule has 0 radical (unpaired) electrons. The Bertz CT molecular complexity index is 190. The lowest BCUT2D eigenvalue weighted by atomic mass is 9.90. The number of hydrogen-bond donors (Lipinski definition) is 2. The first-order valence-electron chi connectivity index (χ1n) is 5.93. The summed E-state index contributed by atoms with van der Waals surface area (Å²) in [6.45, 7) is 9.26. The highest BCUT2D eigenvalue weighted by molar-refractivity contribution is 5.76. The van der Waals surface area contributed by atoms with E-state index in [0.29, 0.717) is 6.42 Å². The van der Waals surface area contributed by atoms with Crippen LogP contribution in [0.25, 0.3) is 0 Å². The Morgan fingerprint density at radius 2 is 2.00 bits per heavy atom. The van der Waals surface area contributed by atoms with Gasteiger partial charge in [0.05, 0.1) is 0 Å². The van der Waals surface area contributed by atoms with E-state index in [4.69, 9.17) is 5.73 Å². The molecule has 0 aliphatic carbocycles. The topological polar surface area (TPSA) is 55.1 Å². The molecule has 0 bridgehead atoms. The van der Waals surface area contributed by atoms with Crippen molar-refractivity contribution in [2.45, 2.75) is 59.4 Å². The summed E-state index contributed by atoms with van der Waals surface area (Å²) in [6.07, 6.45) is 3.47. The SMILES string of the molecule is CCCC(N)CC(=O)NCC(C)(C)CC. The van der Waals surface area contributed by atoms with Gasteiger partial charge in [-0.1, -0.05) is 34.1 Å². The highest BCUT2D eigenvalue weighted by Crippen LogP contribution is 2.17. The quantitative estimate of drug-likeness (QED) is 0.681. The van der Waals surface area contributed by atoms with E-state index in [1.54, 1.807) is 0 Å². The zero-order valence-corrected chi connectivity index (χ0v) is 10.6. The Morgan fingerprint density at radius 1 is 1.40 bits per heavy atom. The van der Waals surface area contributed by atoms with Crippen molar-refractivity contribution in [3.8, 4) is 0 Å². The molecule has 0 aliphatic rings. The third-order valence-electron chi connectivity index (χ3n) is 2.83. The number of rotatable bonds is 7. The van der Waals surface area contributed by atoms with Crippen molar-refractivity contribution < 1.29 is 4.79 Å². The van der Waals surface area contributed by atoms with Gasteiger partial charge in [0.1, 0.15) is 0 Å². The van der Waals surface area contributed by atoms with Gasteiger partial charge in [0, 0.05) is 19.0 Å². The van der Waals surface area contributed by atoms with Crippen LogP contribution in [0.2, 0.25) is 0 Å². The van der Waals surface area contributed by atoms with Crippen LogP contribution in [0.15, 0.2) is 0 Å². The van der Waals surface area contributed by atoms with Crippen molar-refractivity contribution in [1.29, 1.82) is 0 Å². The van der Waals surface area contributed by atoms with Gasteiger partial charge in [0.25, 0.3) is 0 Å². The summed E-state index contributed by atoms with van der Waals surface area (Å²) in [5, 5.41) is 2.94. The van der Waals surface area contributed by atoms with Gasteiger partial charge in [-0.25, -0.2) is 0 Å². The number of nitrogens with two attached hydrogens (primary N) is 1. The highest BCUT2D eigenvalue weighted by Gasteiger charge is 2.16. The van der Waals surface area contributed by atoms with Gasteiger partial charge in [-0.15, -0.1) is 0 Å². The summed E-state index contributed by atoms with van der Waals surface area (Å²) < 4.78 is 0. The lowest BCUT2D eigenvalue weighted by Crippen LogP contribution is -2.37. The average molecular weight is 214 g/mol. The van der Waals surface area contributed by atoms with Crippen molar-refractivity contribution in [1.82, 2.24) is 5.32 Å². The molecule has 3 nitrogen and oxygen atoms in total. The van der Waals surface area contributed by atoms with Crippen LogP contribution in [-0.4, -0.2) is 18.5 Å². The summed E-state index contributed by atoms with van der Waals surface area (Å²) in [6, 6.07) is 0.0136. The molecular formula is C12H26N2O. The Kier molecular flexibility index (Phi) is 6.57. The normalized spacial score (nSPS) is 13.7. The Morgan fingerprint density at radius 3 is 2.47 bits per heavy atom. The molecule has 0 saturated heterocycles. The highest BCUT2D eigenvalue weighted by atomic mass is 16.1. The fraction of sp³-hybridized carbons (Fsp3) is 0.917. The molecule has 0 spiro atoms. The maximum atomic E-state index is 11.5. The summed E-state index contributed by atoms with van der Waals surface area (Å²) in [5.74, 6) is 0.0810. The molecule has 3 heteroatoms. The maximum Gasteiger partial charge on any atom is 0.221 e. The molecular weight excluding hydrogens is 188 g/mol. The standard InChI is InChI=1S/C12H26N2O/c1-5-7-10(13)8-11(15)14-9-12(3,4)6-2/h10H,5-9,13H2,1-4H3,(H,14,15). The van der Waals surface area contributed by atoms with Crippen molar-refractivity contribution in [3.63, 3.8) is 0 Å². The molecule has 1 unspecified atom stereocenters.